The highest BCUT2D eigenvalue weighted by Crippen LogP contribution is 2.21. The van der Waals surface area contributed by atoms with Crippen molar-refractivity contribution in [2.45, 2.75) is 31.0 Å². The first-order chi connectivity index (χ1) is 7.84. The molecule has 0 atom stereocenters. The SMILES string of the molecule is Cc1ccc(SCCC2OCCCO2)cc1. The smallest absolute Gasteiger partial charge is 0.158 e. The molecule has 2 rings (SSSR count). The molecule has 0 amide bonds. The number of benzene rings is 1. The summed E-state index contributed by atoms with van der Waals surface area (Å²) in [5, 5.41) is 0. The van der Waals surface area contributed by atoms with E-state index in [2.05, 4.69) is 31.2 Å². The summed E-state index contributed by atoms with van der Waals surface area (Å²) < 4.78 is 11.0. The highest BCUT2D eigenvalue weighted by atomic mass is 32.2. The second-order valence-corrected chi connectivity index (χ2v) is 5.14. The van der Waals surface area contributed by atoms with Gasteiger partial charge in [0, 0.05) is 17.1 Å². The molecule has 1 saturated heterocycles. The normalized spacial score (nSPS) is 17.6. The molecule has 0 N–H and O–H groups in total. The largest absolute Gasteiger partial charge is 0.353 e. The zero-order valence-corrected chi connectivity index (χ0v) is 10.5. The highest BCUT2D eigenvalue weighted by molar-refractivity contribution is 7.99. The van der Waals surface area contributed by atoms with E-state index >= 15 is 0 Å². The lowest BCUT2D eigenvalue weighted by Crippen LogP contribution is -2.25. The third-order valence-electron chi connectivity index (χ3n) is 2.54. The first-order valence-electron chi connectivity index (χ1n) is 5.77. The maximum absolute atomic E-state index is 5.50. The molecule has 0 aromatic heterocycles. The van der Waals surface area contributed by atoms with Gasteiger partial charge in [-0.2, -0.15) is 0 Å². The summed E-state index contributed by atoms with van der Waals surface area (Å²) in [6.07, 6.45) is 2.02. The minimum Gasteiger partial charge on any atom is -0.353 e. The van der Waals surface area contributed by atoms with Crippen molar-refractivity contribution in [2.24, 2.45) is 0 Å². The molecule has 1 fully saturated rings. The van der Waals surface area contributed by atoms with Crippen LogP contribution in [-0.4, -0.2) is 25.3 Å². The molecule has 0 unspecified atom stereocenters. The van der Waals surface area contributed by atoms with Crippen molar-refractivity contribution in [3.63, 3.8) is 0 Å². The second-order valence-electron chi connectivity index (χ2n) is 3.97. The van der Waals surface area contributed by atoms with E-state index in [-0.39, 0.29) is 6.29 Å². The van der Waals surface area contributed by atoms with Gasteiger partial charge in [0.1, 0.15) is 0 Å². The summed E-state index contributed by atoms with van der Waals surface area (Å²) in [4.78, 5) is 1.32. The van der Waals surface area contributed by atoms with Crippen LogP contribution in [0.1, 0.15) is 18.4 Å². The van der Waals surface area contributed by atoms with Crippen LogP contribution in [0.15, 0.2) is 29.2 Å². The van der Waals surface area contributed by atoms with Crippen molar-refractivity contribution in [1.82, 2.24) is 0 Å². The maximum atomic E-state index is 5.50. The van der Waals surface area contributed by atoms with Gasteiger partial charge in [-0.15, -0.1) is 11.8 Å². The number of rotatable bonds is 4. The van der Waals surface area contributed by atoms with Crippen molar-refractivity contribution < 1.29 is 9.47 Å². The summed E-state index contributed by atoms with van der Waals surface area (Å²) in [7, 11) is 0. The molecule has 0 bridgehead atoms. The molecule has 1 aliphatic heterocycles. The van der Waals surface area contributed by atoms with Crippen LogP contribution in [0.5, 0.6) is 0 Å². The predicted octanol–water partition coefficient (Wildman–Crippen LogP) is 3.24. The third-order valence-corrected chi connectivity index (χ3v) is 3.58. The summed E-state index contributed by atoms with van der Waals surface area (Å²) >= 11 is 1.86. The molecule has 3 heteroatoms. The minimum atomic E-state index is 0.0201. The van der Waals surface area contributed by atoms with Gasteiger partial charge in [0.2, 0.25) is 0 Å². The first-order valence-corrected chi connectivity index (χ1v) is 6.76. The van der Waals surface area contributed by atoms with E-state index in [0.717, 1.165) is 31.8 Å². The standard InChI is InChI=1S/C13H18O2S/c1-11-3-5-12(6-4-11)16-10-7-13-14-8-2-9-15-13/h3-6,13H,2,7-10H2,1H3. The first kappa shape index (κ1) is 12.0. The minimum absolute atomic E-state index is 0.0201. The number of ether oxygens (including phenoxy) is 2. The van der Waals surface area contributed by atoms with Crippen LogP contribution in [-0.2, 0) is 9.47 Å². The Morgan fingerprint density at radius 2 is 1.88 bits per heavy atom. The van der Waals surface area contributed by atoms with Crippen molar-refractivity contribution in [3.05, 3.63) is 29.8 Å². The van der Waals surface area contributed by atoms with E-state index in [4.69, 9.17) is 9.47 Å². The Balaban J connectivity index is 1.69. The molecule has 1 aromatic rings. The predicted molar refractivity (Wildman–Crippen MR) is 66.8 cm³/mol. The van der Waals surface area contributed by atoms with Crippen LogP contribution in [0.25, 0.3) is 0 Å². The van der Waals surface area contributed by atoms with Gasteiger partial charge >= 0.3 is 0 Å². The molecule has 16 heavy (non-hydrogen) atoms. The van der Waals surface area contributed by atoms with Gasteiger partial charge in [0.15, 0.2) is 6.29 Å². The van der Waals surface area contributed by atoms with Crippen molar-refractivity contribution >= 4 is 11.8 Å². The molecule has 88 valence electrons. The van der Waals surface area contributed by atoms with Gasteiger partial charge in [-0.3, -0.25) is 0 Å². The molecule has 1 aromatic carbocycles. The Morgan fingerprint density at radius 3 is 2.56 bits per heavy atom. The van der Waals surface area contributed by atoms with Gasteiger partial charge < -0.3 is 9.47 Å². The Hall–Kier alpha value is -0.510. The van der Waals surface area contributed by atoms with Crippen LogP contribution in [0.2, 0.25) is 0 Å². The summed E-state index contributed by atoms with van der Waals surface area (Å²) in [5.74, 6) is 1.05. The van der Waals surface area contributed by atoms with Crippen LogP contribution < -0.4 is 0 Å². The monoisotopic (exact) mass is 238 g/mol. The van der Waals surface area contributed by atoms with Gasteiger partial charge in [-0.1, -0.05) is 17.7 Å². The van der Waals surface area contributed by atoms with Crippen LogP contribution in [0.3, 0.4) is 0 Å². The lowest BCUT2D eigenvalue weighted by Gasteiger charge is -2.22. The van der Waals surface area contributed by atoms with Crippen molar-refractivity contribution in [3.8, 4) is 0 Å². The number of hydrogen-bond donors (Lipinski definition) is 0. The molecule has 2 nitrogen and oxygen atoms in total. The van der Waals surface area contributed by atoms with Gasteiger partial charge in [0.05, 0.1) is 13.2 Å². The number of hydrogen-bond acceptors (Lipinski definition) is 3. The fraction of sp³-hybridized carbons (Fsp3) is 0.538. The Labute approximate surface area is 101 Å². The lowest BCUT2D eigenvalue weighted by atomic mass is 10.2. The summed E-state index contributed by atoms with van der Waals surface area (Å²) in [6, 6.07) is 8.64. The number of aryl methyl sites for hydroxylation is 1. The lowest BCUT2D eigenvalue weighted by molar-refractivity contribution is -0.178. The van der Waals surface area contributed by atoms with Gasteiger partial charge in [0.25, 0.3) is 0 Å². The second kappa shape index (κ2) is 6.28. The Bertz CT molecular complexity index is 304. The summed E-state index contributed by atoms with van der Waals surface area (Å²) in [6.45, 7) is 3.80. The third kappa shape index (κ3) is 3.81. The van der Waals surface area contributed by atoms with E-state index in [1.54, 1.807) is 0 Å². The Morgan fingerprint density at radius 1 is 1.19 bits per heavy atom. The van der Waals surface area contributed by atoms with Gasteiger partial charge in [-0.05, 0) is 25.5 Å². The number of thioether (sulfide) groups is 1. The average molecular weight is 238 g/mol. The van der Waals surface area contributed by atoms with E-state index in [1.807, 2.05) is 11.8 Å². The fourth-order valence-electron chi connectivity index (χ4n) is 1.61. The zero-order valence-electron chi connectivity index (χ0n) is 9.65. The van der Waals surface area contributed by atoms with E-state index in [1.165, 1.54) is 10.5 Å². The highest BCUT2D eigenvalue weighted by Gasteiger charge is 2.13. The molecule has 0 radical (unpaired) electrons. The Kier molecular flexibility index (Phi) is 4.69. The average Bonchev–Trinajstić information content (AvgIpc) is 2.33. The van der Waals surface area contributed by atoms with Crippen LogP contribution in [0.4, 0.5) is 0 Å². The maximum Gasteiger partial charge on any atom is 0.158 e. The van der Waals surface area contributed by atoms with E-state index < -0.39 is 0 Å². The van der Waals surface area contributed by atoms with E-state index in [9.17, 15) is 0 Å². The quantitative estimate of drug-likeness (QED) is 0.750. The van der Waals surface area contributed by atoms with Crippen LogP contribution >= 0.6 is 11.8 Å². The summed E-state index contributed by atoms with van der Waals surface area (Å²) in [5.41, 5.74) is 1.31. The van der Waals surface area contributed by atoms with E-state index in [0.29, 0.717) is 0 Å². The van der Waals surface area contributed by atoms with Crippen molar-refractivity contribution in [1.29, 1.82) is 0 Å². The zero-order chi connectivity index (χ0) is 11.2. The molecule has 0 aliphatic carbocycles. The fourth-order valence-corrected chi connectivity index (χ4v) is 2.49. The van der Waals surface area contributed by atoms with Crippen LogP contribution in [0, 0.1) is 6.92 Å². The van der Waals surface area contributed by atoms with Gasteiger partial charge in [-0.25, -0.2) is 0 Å². The molecular weight excluding hydrogens is 220 g/mol. The molecular formula is C13H18O2S. The molecule has 0 saturated carbocycles. The molecule has 1 aliphatic rings. The molecule has 0 spiro atoms. The topological polar surface area (TPSA) is 18.5 Å². The molecule has 1 heterocycles. The van der Waals surface area contributed by atoms with Crippen molar-refractivity contribution in [2.75, 3.05) is 19.0 Å².